The Hall–Kier alpha value is -1.61. The third kappa shape index (κ3) is 5.79. The number of aromatic nitrogens is 2. The van der Waals surface area contributed by atoms with Crippen molar-refractivity contribution in [3.63, 3.8) is 0 Å². The summed E-state index contributed by atoms with van der Waals surface area (Å²) in [4.78, 5) is 20.5. The molecule has 1 N–H and O–H groups in total. The van der Waals surface area contributed by atoms with E-state index in [-0.39, 0.29) is 11.7 Å². The second-order valence-corrected chi connectivity index (χ2v) is 7.40. The van der Waals surface area contributed by atoms with E-state index in [0.717, 1.165) is 18.9 Å². The molecule has 0 radical (unpaired) electrons. The van der Waals surface area contributed by atoms with E-state index in [1.807, 2.05) is 0 Å². The molecule has 1 heterocycles. The number of aryl methyl sites for hydroxylation is 2. The zero-order chi connectivity index (χ0) is 17.4. The monoisotopic (exact) mass is 346 g/mol. The predicted octanol–water partition coefficient (Wildman–Crippen LogP) is 3.53. The summed E-state index contributed by atoms with van der Waals surface area (Å²) in [6.45, 7) is 4.33. The molecule has 24 heavy (non-hydrogen) atoms. The van der Waals surface area contributed by atoms with E-state index in [0.29, 0.717) is 22.1 Å². The van der Waals surface area contributed by atoms with Gasteiger partial charge in [0.25, 0.3) is 0 Å². The van der Waals surface area contributed by atoms with Crippen molar-refractivity contribution in [2.45, 2.75) is 63.8 Å². The lowest BCUT2D eigenvalue weighted by molar-refractivity contribution is -0.118. The first-order valence-corrected chi connectivity index (χ1v) is 9.73. The standard InChI is InChI=1S/C18H26N4OS/c1-13-16(11-19)18(22-14(2)21-13)24-12-17(23)20-10-6-9-15-7-4-3-5-8-15/h15H,3-10,12H2,1-2H3,(H,20,23). The zero-order valence-corrected chi connectivity index (χ0v) is 15.4. The largest absolute Gasteiger partial charge is 0.355 e. The Bertz CT molecular complexity index is 606. The Kier molecular flexibility index (Phi) is 7.51. The van der Waals surface area contributed by atoms with Crippen LogP contribution in [0.1, 0.15) is 62.0 Å². The van der Waals surface area contributed by atoms with Crippen molar-refractivity contribution in [1.82, 2.24) is 15.3 Å². The molecule has 2 rings (SSSR count). The number of carbonyl (C=O) groups is 1. The summed E-state index contributed by atoms with van der Waals surface area (Å²) in [5.74, 6) is 1.77. The van der Waals surface area contributed by atoms with Gasteiger partial charge in [0.2, 0.25) is 5.91 Å². The molecule has 1 amide bonds. The van der Waals surface area contributed by atoms with E-state index in [4.69, 9.17) is 0 Å². The van der Waals surface area contributed by atoms with E-state index in [1.54, 1.807) is 13.8 Å². The summed E-state index contributed by atoms with van der Waals surface area (Å²) in [5, 5.41) is 12.8. The molecule has 0 saturated heterocycles. The molecule has 0 aromatic carbocycles. The number of hydrogen-bond acceptors (Lipinski definition) is 5. The molecule has 0 atom stereocenters. The van der Waals surface area contributed by atoms with Crippen LogP contribution in [-0.2, 0) is 4.79 Å². The maximum atomic E-state index is 12.0. The summed E-state index contributed by atoms with van der Waals surface area (Å²) in [6, 6.07) is 2.13. The van der Waals surface area contributed by atoms with Gasteiger partial charge in [-0.05, 0) is 32.6 Å². The van der Waals surface area contributed by atoms with Crippen molar-refractivity contribution in [3.8, 4) is 6.07 Å². The smallest absolute Gasteiger partial charge is 0.230 e. The van der Waals surface area contributed by atoms with Crippen LogP contribution in [0.2, 0.25) is 0 Å². The summed E-state index contributed by atoms with van der Waals surface area (Å²) in [5.41, 5.74) is 1.14. The average Bonchev–Trinajstić information content (AvgIpc) is 2.57. The molecule has 1 aliphatic carbocycles. The van der Waals surface area contributed by atoms with Gasteiger partial charge in [0.05, 0.1) is 11.4 Å². The highest BCUT2D eigenvalue weighted by Gasteiger charge is 2.14. The Morgan fingerprint density at radius 3 is 2.75 bits per heavy atom. The Morgan fingerprint density at radius 2 is 2.04 bits per heavy atom. The molecule has 1 saturated carbocycles. The number of nitriles is 1. The van der Waals surface area contributed by atoms with Crippen LogP contribution in [0.15, 0.2) is 5.03 Å². The van der Waals surface area contributed by atoms with Gasteiger partial charge in [0.15, 0.2) is 0 Å². The first-order valence-electron chi connectivity index (χ1n) is 8.75. The summed E-state index contributed by atoms with van der Waals surface area (Å²) in [7, 11) is 0. The topological polar surface area (TPSA) is 78.7 Å². The van der Waals surface area contributed by atoms with Gasteiger partial charge in [0.1, 0.15) is 22.5 Å². The number of nitrogens with zero attached hydrogens (tertiary/aromatic N) is 3. The quantitative estimate of drug-likeness (QED) is 0.464. The van der Waals surface area contributed by atoms with Gasteiger partial charge in [-0.1, -0.05) is 43.9 Å². The number of rotatable bonds is 7. The fourth-order valence-corrected chi connectivity index (χ4v) is 4.10. The van der Waals surface area contributed by atoms with Gasteiger partial charge in [0, 0.05) is 6.54 Å². The van der Waals surface area contributed by atoms with Crippen molar-refractivity contribution < 1.29 is 4.79 Å². The van der Waals surface area contributed by atoms with Crippen LogP contribution in [0.5, 0.6) is 0 Å². The van der Waals surface area contributed by atoms with Gasteiger partial charge in [-0.25, -0.2) is 9.97 Å². The summed E-state index contributed by atoms with van der Waals surface area (Å²) in [6.07, 6.45) is 9.10. The minimum atomic E-state index is 0.00134. The van der Waals surface area contributed by atoms with Gasteiger partial charge >= 0.3 is 0 Å². The minimum Gasteiger partial charge on any atom is -0.355 e. The SMILES string of the molecule is Cc1nc(C)c(C#N)c(SCC(=O)NCCCC2CCCCC2)n1. The number of thioether (sulfide) groups is 1. The molecule has 1 aliphatic rings. The van der Waals surface area contributed by atoms with E-state index < -0.39 is 0 Å². The van der Waals surface area contributed by atoms with Crippen molar-refractivity contribution in [2.75, 3.05) is 12.3 Å². The fraction of sp³-hybridized carbons (Fsp3) is 0.667. The normalized spacial score (nSPS) is 15.0. The molecule has 1 aromatic heterocycles. The minimum absolute atomic E-state index is 0.00134. The number of nitrogens with one attached hydrogen (secondary N) is 1. The Balaban J connectivity index is 1.70. The molecule has 0 aliphatic heterocycles. The zero-order valence-electron chi connectivity index (χ0n) is 14.6. The molecule has 0 bridgehead atoms. The van der Waals surface area contributed by atoms with E-state index >= 15 is 0 Å². The van der Waals surface area contributed by atoms with Crippen molar-refractivity contribution in [1.29, 1.82) is 5.26 Å². The molecule has 1 aromatic rings. The van der Waals surface area contributed by atoms with E-state index in [9.17, 15) is 10.1 Å². The van der Waals surface area contributed by atoms with Crippen LogP contribution in [-0.4, -0.2) is 28.2 Å². The number of amides is 1. The van der Waals surface area contributed by atoms with Crippen LogP contribution >= 0.6 is 11.8 Å². The third-order valence-corrected chi connectivity index (χ3v) is 5.43. The lowest BCUT2D eigenvalue weighted by Gasteiger charge is -2.21. The molecule has 0 unspecified atom stereocenters. The van der Waals surface area contributed by atoms with Crippen LogP contribution in [0, 0.1) is 31.1 Å². The predicted molar refractivity (Wildman–Crippen MR) is 95.8 cm³/mol. The van der Waals surface area contributed by atoms with Gasteiger partial charge in [-0.15, -0.1) is 0 Å². The van der Waals surface area contributed by atoms with Gasteiger partial charge < -0.3 is 5.32 Å². The van der Waals surface area contributed by atoms with Crippen LogP contribution in [0.25, 0.3) is 0 Å². The van der Waals surface area contributed by atoms with Crippen molar-refractivity contribution in [3.05, 3.63) is 17.1 Å². The molecule has 130 valence electrons. The summed E-state index contributed by atoms with van der Waals surface area (Å²) >= 11 is 1.31. The number of carbonyl (C=O) groups excluding carboxylic acids is 1. The molecule has 6 heteroatoms. The first kappa shape index (κ1) is 18.7. The van der Waals surface area contributed by atoms with Crippen molar-refractivity contribution in [2.24, 2.45) is 5.92 Å². The maximum Gasteiger partial charge on any atom is 0.230 e. The first-order chi connectivity index (χ1) is 11.6. The van der Waals surface area contributed by atoms with Gasteiger partial charge in [-0.2, -0.15) is 5.26 Å². The highest BCUT2D eigenvalue weighted by atomic mass is 32.2. The Labute approximate surface area is 148 Å². The van der Waals surface area contributed by atoms with Crippen LogP contribution in [0.3, 0.4) is 0 Å². The van der Waals surface area contributed by atoms with E-state index in [1.165, 1.54) is 50.3 Å². The molecule has 1 fully saturated rings. The lowest BCUT2D eigenvalue weighted by atomic mass is 9.86. The molecular formula is C18H26N4OS. The average molecular weight is 347 g/mol. The molecule has 5 nitrogen and oxygen atoms in total. The van der Waals surface area contributed by atoms with Crippen LogP contribution in [0.4, 0.5) is 0 Å². The fourth-order valence-electron chi connectivity index (χ4n) is 3.19. The Morgan fingerprint density at radius 1 is 1.29 bits per heavy atom. The third-order valence-electron chi connectivity index (χ3n) is 4.46. The highest BCUT2D eigenvalue weighted by Crippen LogP contribution is 2.27. The maximum absolute atomic E-state index is 12.0. The van der Waals surface area contributed by atoms with Gasteiger partial charge in [-0.3, -0.25) is 4.79 Å². The lowest BCUT2D eigenvalue weighted by Crippen LogP contribution is -2.26. The van der Waals surface area contributed by atoms with E-state index in [2.05, 4.69) is 21.4 Å². The van der Waals surface area contributed by atoms with Crippen molar-refractivity contribution >= 4 is 17.7 Å². The second-order valence-electron chi connectivity index (χ2n) is 6.43. The molecular weight excluding hydrogens is 320 g/mol. The van der Waals surface area contributed by atoms with Crippen LogP contribution < -0.4 is 5.32 Å². The highest BCUT2D eigenvalue weighted by molar-refractivity contribution is 8.00. The molecule has 0 spiro atoms. The second kappa shape index (κ2) is 9.63. The summed E-state index contributed by atoms with van der Waals surface area (Å²) < 4.78 is 0. The number of hydrogen-bond donors (Lipinski definition) is 1.